The third-order valence-electron chi connectivity index (χ3n) is 5.83. The zero-order valence-corrected chi connectivity index (χ0v) is 20.2. The molecule has 2 aliphatic heterocycles. The number of anilines is 1. The van der Waals surface area contributed by atoms with Gasteiger partial charge in [0.1, 0.15) is 19.0 Å². The molecule has 0 unspecified atom stereocenters. The summed E-state index contributed by atoms with van der Waals surface area (Å²) in [5, 5.41) is 2.96. The van der Waals surface area contributed by atoms with E-state index in [0.29, 0.717) is 62.3 Å². The molecular formula is C24H27N3O7S. The van der Waals surface area contributed by atoms with Crippen molar-refractivity contribution in [3.8, 4) is 28.7 Å². The maximum absolute atomic E-state index is 13.6. The highest BCUT2D eigenvalue weighted by molar-refractivity contribution is 7.91. The van der Waals surface area contributed by atoms with Crippen LogP contribution in [0.2, 0.25) is 0 Å². The Bertz CT molecular complexity index is 1270. The number of aromatic nitrogens is 1. The van der Waals surface area contributed by atoms with Gasteiger partial charge in [-0.1, -0.05) is 0 Å². The van der Waals surface area contributed by atoms with Gasteiger partial charge in [0, 0.05) is 37.8 Å². The van der Waals surface area contributed by atoms with E-state index in [4.69, 9.17) is 23.4 Å². The zero-order chi connectivity index (χ0) is 24.3. The molecule has 0 amide bonds. The topological polar surface area (TPSA) is 112 Å². The van der Waals surface area contributed by atoms with Crippen molar-refractivity contribution in [1.82, 2.24) is 9.88 Å². The monoisotopic (exact) mass is 501 g/mol. The number of methoxy groups -OCH3 is 1. The maximum Gasteiger partial charge on any atom is 0.233 e. The van der Waals surface area contributed by atoms with Crippen LogP contribution < -0.4 is 19.5 Å². The number of ether oxygens (including phenoxy) is 4. The first-order valence-corrected chi connectivity index (χ1v) is 12.9. The van der Waals surface area contributed by atoms with E-state index in [0.717, 1.165) is 13.1 Å². The highest BCUT2D eigenvalue weighted by Gasteiger charge is 2.30. The lowest BCUT2D eigenvalue weighted by Crippen LogP contribution is -2.39. The van der Waals surface area contributed by atoms with Gasteiger partial charge in [-0.05, 0) is 36.4 Å². The van der Waals surface area contributed by atoms with E-state index in [2.05, 4.69) is 15.2 Å². The number of nitrogens with zero attached hydrogens (tertiary/aromatic N) is 2. The third-order valence-corrected chi connectivity index (χ3v) is 7.49. The Morgan fingerprint density at radius 3 is 2.49 bits per heavy atom. The van der Waals surface area contributed by atoms with Crippen LogP contribution in [0.5, 0.6) is 17.2 Å². The summed E-state index contributed by atoms with van der Waals surface area (Å²) in [5.74, 6) is 1.86. The Labute approximate surface area is 203 Å². The van der Waals surface area contributed by atoms with E-state index in [1.807, 2.05) is 0 Å². The average molecular weight is 502 g/mol. The molecule has 2 aromatic carbocycles. The van der Waals surface area contributed by atoms with Crippen molar-refractivity contribution in [2.45, 2.75) is 9.92 Å². The maximum atomic E-state index is 13.6. The van der Waals surface area contributed by atoms with E-state index < -0.39 is 9.84 Å². The highest BCUT2D eigenvalue weighted by atomic mass is 32.2. The van der Waals surface area contributed by atoms with Crippen molar-refractivity contribution < 1.29 is 31.8 Å². The number of nitrogens with one attached hydrogen (secondary N) is 1. The summed E-state index contributed by atoms with van der Waals surface area (Å²) in [6.07, 6.45) is 0. The van der Waals surface area contributed by atoms with E-state index >= 15 is 0 Å². The fourth-order valence-electron chi connectivity index (χ4n) is 3.91. The summed E-state index contributed by atoms with van der Waals surface area (Å²) in [4.78, 5) is 6.69. The quantitative estimate of drug-likeness (QED) is 0.494. The molecule has 1 N–H and O–H groups in total. The summed E-state index contributed by atoms with van der Waals surface area (Å²) in [7, 11) is -2.44. The fraction of sp³-hybridized carbons (Fsp3) is 0.375. The van der Waals surface area contributed by atoms with E-state index in [-0.39, 0.29) is 21.7 Å². The molecule has 10 nitrogen and oxygen atoms in total. The van der Waals surface area contributed by atoms with Crippen LogP contribution in [0.15, 0.2) is 56.8 Å². The Balaban J connectivity index is 1.46. The van der Waals surface area contributed by atoms with Crippen molar-refractivity contribution >= 4 is 15.7 Å². The summed E-state index contributed by atoms with van der Waals surface area (Å²) in [5.41, 5.74) is 0.630. The minimum Gasteiger partial charge on any atom is -0.497 e. The zero-order valence-electron chi connectivity index (χ0n) is 19.4. The van der Waals surface area contributed by atoms with Gasteiger partial charge < -0.3 is 28.7 Å². The molecule has 1 saturated heterocycles. The number of sulfone groups is 1. The van der Waals surface area contributed by atoms with E-state index in [9.17, 15) is 8.42 Å². The fourth-order valence-corrected chi connectivity index (χ4v) is 5.21. The second-order valence-corrected chi connectivity index (χ2v) is 9.94. The van der Waals surface area contributed by atoms with Gasteiger partial charge in [-0.3, -0.25) is 4.90 Å². The number of benzene rings is 2. The van der Waals surface area contributed by atoms with Crippen LogP contribution in [0.3, 0.4) is 0 Å². The molecule has 3 heterocycles. The largest absolute Gasteiger partial charge is 0.497 e. The standard InChI is InChI=1S/C24H27N3O7S/c1-30-18-4-2-17(3-5-18)22-26-24(23(34-22)25-8-9-27-10-12-31-13-11-27)35(28,29)19-6-7-20-21(16-19)33-15-14-32-20/h2-7,16,25H,8-15H2,1H3. The molecule has 35 heavy (non-hydrogen) atoms. The Hall–Kier alpha value is -3.28. The van der Waals surface area contributed by atoms with Gasteiger partial charge in [0.15, 0.2) is 11.5 Å². The second-order valence-electron chi connectivity index (χ2n) is 8.07. The predicted molar refractivity (Wildman–Crippen MR) is 127 cm³/mol. The number of hydrogen-bond acceptors (Lipinski definition) is 10. The van der Waals surface area contributed by atoms with Gasteiger partial charge in [0.2, 0.25) is 26.6 Å². The van der Waals surface area contributed by atoms with Crippen molar-refractivity contribution in [3.63, 3.8) is 0 Å². The molecular weight excluding hydrogens is 474 g/mol. The van der Waals surface area contributed by atoms with Crippen LogP contribution >= 0.6 is 0 Å². The Kier molecular flexibility index (Phi) is 6.80. The predicted octanol–water partition coefficient (Wildman–Crippen LogP) is 2.70. The van der Waals surface area contributed by atoms with Crippen molar-refractivity contribution in [3.05, 3.63) is 42.5 Å². The third kappa shape index (κ3) is 5.07. The molecule has 1 aromatic heterocycles. The average Bonchev–Trinajstić information content (AvgIpc) is 3.34. The van der Waals surface area contributed by atoms with Gasteiger partial charge in [0.05, 0.1) is 25.2 Å². The number of fused-ring (bicyclic) bond motifs is 1. The molecule has 0 radical (unpaired) electrons. The summed E-state index contributed by atoms with van der Waals surface area (Å²) < 4.78 is 54.9. The smallest absolute Gasteiger partial charge is 0.233 e. The van der Waals surface area contributed by atoms with E-state index in [1.165, 1.54) is 12.1 Å². The van der Waals surface area contributed by atoms with Gasteiger partial charge in [-0.2, -0.15) is 4.98 Å². The first kappa shape index (κ1) is 23.5. The van der Waals surface area contributed by atoms with Gasteiger partial charge in [0.25, 0.3) is 0 Å². The molecule has 186 valence electrons. The molecule has 0 saturated carbocycles. The van der Waals surface area contributed by atoms with Crippen LogP contribution in [0.25, 0.3) is 11.5 Å². The van der Waals surface area contributed by atoms with Crippen LogP contribution in [-0.4, -0.2) is 78.0 Å². The number of morpholine rings is 1. The highest BCUT2D eigenvalue weighted by Crippen LogP contribution is 2.37. The minimum absolute atomic E-state index is 0.0487. The number of rotatable bonds is 8. The lowest BCUT2D eigenvalue weighted by molar-refractivity contribution is 0.0398. The molecule has 0 spiro atoms. The van der Waals surface area contributed by atoms with Gasteiger partial charge in [-0.25, -0.2) is 8.42 Å². The van der Waals surface area contributed by atoms with Crippen molar-refractivity contribution in [2.75, 3.05) is 65.0 Å². The Morgan fingerprint density at radius 2 is 1.74 bits per heavy atom. The lowest BCUT2D eigenvalue weighted by atomic mass is 10.2. The van der Waals surface area contributed by atoms with E-state index in [1.54, 1.807) is 37.4 Å². The lowest BCUT2D eigenvalue weighted by Gasteiger charge is -2.26. The number of hydrogen-bond donors (Lipinski definition) is 1. The molecule has 1 fully saturated rings. The number of oxazole rings is 1. The molecule has 0 atom stereocenters. The molecule has 3 aromatic rings. The molecule has 0 bridgehead atoms. The van der Waals surface area contributed by atoms with Crippen LogP contribution in [0.4, 0.5) is 5.88 Å². The van der Waals surface area contributed by atoms with Crippen LogP contribution in [-0.2, 0) is 14.6 Å². The molecule has 5 rings (SSSR count). The summed E-state index contributed by atoms with van der Waals surface area (Å²) >= 11 is 0. The summed E-state index contributed by atoms with van der Waals surface area (Å²) in [6.45, 7) is 5.02. The summed E-state index contributed by atoms with van der Waals surface area (Å²) in [6, 6.07) is 11.6. The van der Waals surface area contributed by atoms with Gasteiger partial charge >= 0.3 is 0 Å². The normalized spacial score (nSPS) is 16.1. The second kappa shape index (κ2) is 10.1. The van der Waals surface area contributed by atoms with Crippen LogP contribution in [0.1, 0.15) is 0 Å². The van der Waals surface area contributed by atoms with Crippen LogP contribution in [0, 0.1) is 0 Å². The molecule has 2 aliphatic rings. The van der Waals surface area contributed by atoms with Gasteiger partial charge in [-0.15, -0.1) is 0 Å². The SMILES string of the molecule is COc1ccc(-c2nc(S(=O)(=O)c3ccc4c(c3)OCCO4)c(NCCN3CCOCC3)o2)cc1. The molecule has 0 aliphatic carbocycles. The minimum atomic E-state index is -4.02. The first-order valence-electron chi connectivity index (χ1n) is 11.4. The Morgan fingerprint density at radius 1 is 1.00 bits per heavy atom. The molecule has 11 heteroatoms. The van der Waals surface area contributed by atoms with Crippen molar-refractivity contribution in [2.24, 2.45) is 0 Å². The first-order chi connectivity index (χ1) is 17.0. The van der Waals surface area contributed by atoms with Crippen molar-refractivity contribution in [1.29, 1.82) is 0 Å².